The number of carbonyl (C=O) groups is 1. The zero-order valence-corrected chi connectivity index (χ0v) is 11.1. The van der Waals surface area contributed by atoms with Crippen molar-refractivity contribution in [2.75, 3.05) is 5.32 Å². The highest BCUT2D eigenvalue weighted by Crippen LogP contribution is 2.16. The fourth-order valence-electron chi connectivity index (χ4n) is 1.39. The van der Waals surface area contributed by atoms with Gasteiger partial charge in [0.15, 0.2) is 5.43 Å². The van der Waals surface area contributed by atoms with Crippen LogP contribution < -0.4 is 10.7 Å². The minimum absolute atomic E-state index is 0.0554. The summed E-state index contributed by atoms with van der Waals surface area (Å²) >= 11 is 3.32. The number of H-pyrrole nitrogens is 1. The third kappa shape index (κ3) is 2.65. The molecule has 2 aromatic rings. The van der Waals surface area contributed by atoms with Gasteiger partial charge in [0.05, 0.1) is 5.69 Å². The number of halogens is 1. The number of aromatic amines is 1. The van der Waals surface area contributed by atoms with Gasteiger partial charge in [0.2, 0.25) is 0 Å². The van der Waals surface area contributed by atoms with Crippen LogP contribution in [0.3, 0.4) is 0 Å². The Hall–Kier alpha value is -1.95. The first-order valence-electron chi connectivity index (χ1n) is 5.19. The molecule has 0 aromatic carbocycles. The van der Waals surface area contributed by atoms with Gasteiger partial charge < -0.3 is 10.3 Å². The van der Waals surface area contributed by atoms with Crippen molar-refractivity contribution in [2.24, 2.45) is 0 Å². The van der Waals surface area contributed by atoms with Gasteiger partial charge in [-0.15, -0.1) is 0 Å². The summed E-state index contributed by atoms with van der Waals surface area (Å²) in [7, 11) is 0. The molecule has 0 aliphatic carbocycles. The fourth-order valence-corrected chi connectivity index (χ4v) is 1.61. The molecule has 2 N–H and O–H groups in total. The van der Waals surface area contributed by atoms with Gasteiger partial charge in [-0.25, -0.2) is 4.98 Å². The number of amides is 1. The number of hydrogen-bond donors (Lipinski definition) is 2. The maximum Gasteiger partial charge on any atom is 0.262 e. The monoisotopic (exact) mass is 307 g/mol. The number of pyridine rings is 2. The van der Waals surface area contributed by atoms with Crippen LogP contribution in [-0.2, 0) is 0 Å². The molecule has 6 heteroatoms. The highest BCUT2D eigenvalue weighted by Gasteiger charge is 2.10. The van der Waals surface area contributed by atoms with Crippen molar-refractivity contribution in [1.82, 2.24) is 9.97 Å². The molecule has 0 aliphatic heterocycles. The van der Waals surface area contributed by atoms with Gasteiger partial charge in [0, 0.05) is 22.9 Å². The van der Waals surface area contributed by atoms with Crippen LogP contribution >= 0.6 is 15.9 Å². The largest absolute Gasteiger partial charge is 0.367 e. The molecule has 5 nitrogen and oxygen atoms in total. The van der Waals surface area contributed by atoms with E-state index in [2.05, 4.69) is 31.2 Å². The van der Waals surface area contributed by atoms with Crippen molar-refractivity contribution in [1.29, 1.82) is 0 Å². The average molecular weight is 308 g/mol. The maximum absolute atomic E-state index is 11.8. The van der Waals surface area contributed by atoms with Crippen LogP contribution in [0.5, 0.6) is 0 Å². The van der Waals surface area contributed by atoms with E-state index in [1.165, 1.54) is 18.5 Å². The minimum atomic E-state index is -0.480. The second-order valence-corrected chi connectivity index (χ2v) is 4.49. The molecule has 0 aliphatic rings. The average Bonchev–Trinajstić information content (AvgIpc) is 2.34. The Bertz CT molecular complexity index is 652. The predicted molar refractivity (Wildman–Crippen MR) is 71.7 cm³/mol. The van der Waals surface area contributed by atoms with Crippen LogP contribution in [0.1, 0.15) is 16.1 Å². The van der Waals surface area contributed by atoms with Crippen LogP contribution in [0.2, 0.25) is 0 Å². The molecule has 2 heterocycles. The van der Waals surface area contributed by atoms with Crippen molar-refractivity contribution < 1.29 is 4.79 Å². The second-order valence-electron chi connectivity index (χ2n) is 3.64. The molecule has 1 amide bonds. The predicted octanol–water partition coefficient (Wildman–Crippen LogP) is 2.09. The quantitative estimate of drug-likeness (QED) is 0.892. The highest BCUT2D eigenvalue weighted by atomic mass is 79.9. The van der Waals surface area contributed by atoms with E-state index in [1.807, 2.05) is 6.92 Å². The summed E-state index contributed by atoms with van der Waals surface area (Å²) in [5, 5.41) is 2.58. The third-order valence-electron chi connectivity index (χ3n) is 2.33. The van der Waals surface area contributed by atoms with Gasteiger partial charge in [-0.1, -0.05) is 0 Å². The van der Waals surface area contributed by atoms with Crippen molar-refractivity contribution in [3.05, 3.63) is 56.5 Å². The molecule has 92 valence electrons. The molecule has 0 bridgehead atoms. The Morgan fingerprint density at radius 1 is 1.39 bits per heavy atom. The van der Waals surface area contributed by atoms with Gasteiger partial charge in [0.1, 0.15) is 11.4 Å². The zero-order valence-electron chi connectivity index (χ0n) is 9.53. The Morgan fingerprint density at radius 2 is 2.17 bits per heavy atom. The minimum Gasteiger partial charge on any atom is -0.367 e. The summed E-state index contributed by atoms with van der Waals surface area (Å²) in [4.78, 5) is 30.2. The number of rotatable bonds is 2. The maximum atomic E-state index is 11.8. The van der Waals surface area contributed by atoms with Crippen LogP contribution in [0.15, 0.2) is 39.9 Å². The standard InChI is InChI=1S/C12H10BrN3O2/c1-7-9(13)2-3-11(15-7)16-12(18)8-6-14-5-4-10(8)17/h2-6H,1H3,(H,14,17)(H,15,16,18). The first-order valence-corrected chi connectivity index (χ1v) is 5.99. The summed E-state index contributed by atoms with van der Waals surface area (Å²) < 4.78 is 0.859. The molecular formula is C12H10BrN3O2. The lowest BCUT2D eigenvalue weighted by Gasteiger charge is -2.05. The van der Waals surface area contributed by atoms with E-state index in [0.29, 0.717) is 5.82 Å². The first-order chi connectivity index (χ1) is 8.58. The number of hydrogen-bond acceptors (Lipinski definition) is 3. The number of nitrogens with zero attached hydrogens (tertiary/aromatic N) is 1. The van der Waals surface area contributed by atoms with Crippen LogP contribution in [0.25, 0.3) is 0 Å². The molecule has 2 aromatic heterocycles. The molecule has 0 radical (unpaired) electrons. The third-order valence-corrected chi connectivity index (χ3v) is 3.17. The molecule has 0 fully saturated rings. The topological polar surface area (TPSA) is 74.8 Å². The highest BCUT2D eigenvalue weighted by molar-refractivity contribution is 9.10. The Kier molecular flexibility index (Phi) is 3.57. The van der Waals surface area contributed by atoms with Gasteiger partial charge in [-0.2, -0.15) is 0 Å². The van der Waals surface area contributed by atoms with Crippen molar-refractivity contribution in [3.63, 3.8) is 0 Å². The molecule has 0 saturated heterocycles. The van der Waals surface area contributed by atoms with E-state index in [9.17, 15) is 9.59 Å². The van der Waals surface area contributed by atoms with E-state index in [1.54, 1.807) is 12.1 Å². The van der Waals surface area contributed by atoms with Gasteiger partial charge >= 0.3 is 0 Å². The molecule has 0 atom stereocenters. The lowest BCUT2D eigenvalue weighted by Crippen LogP contribution is -2.21. The van der Waals surface area contributed by atoms with Crippen molar-refractivity contribution in [3.8, 4) is 0 Å². The molecule has 0 saturated carbocycles. The second kappa shape index (κ2) is 5.14. The Balaban J connectivity index is 2.24. The van der Waals surface area contributed by atoms with E-state index < -0.39 is 5.91 Å². The fraction of sp³-hybridized carbons (Fsp3) is 0.0833. The van der Waals surface area contributed by atoms with E-state index in [-0.39, 0.29) is 11.0 Å². The smallest absolute Gasteiger partial charge is 0.262 e. The first kappa shape index (κ1) is 12.5. The number of anilines is 1. The SMILES string of the molecule is Cc1nc(NC(=O)c2c[nH]ccc2=O)ccc1Br. The molecule has 0 spiro atoms. The van der Waals surface area contributed by atoms with Crippen molar-refractivity contribution in [2.45, 2.75) is 6.92 Å². The summed E-state index contributed by atoms with van der Waals surface area (Å²) in [6, 6.07) is 4.74. The van der Waals surface area contributed by atoms with Crippen LogP contribution in [0.4, 0.5) is 5.82 Å². The van der Waals surface area contributed by atoms with Crippen molar-refractivity contribution >= 4 is 27.7 Å². The van der Waals surface area contributed by atoms with Gasteiger partial charge in [-0.3, -0.25) is 9.59 Å². The molecular weight excluding hydrogens is 298 g/mol. The number of aryl methyl sites for hydroxylation is 1. The Morgan fingerprint density at radius 3 is 2.83 bits per heavy atom. The molecule has 2 rings (SSSR count). The lowest BCUT2D eigenvalue weighted by atomic mass is 10.2. The summed E-state index contributed by atoms with van der Waals surface area (Å²) in [6.45, 7) is 1.81. The zero-order chi connectivity index (χ0) is 13.1. The number of aromatic nitrogens is 2. The molecule has 0 unspecified atom stereocenters. The number of carbonyl (C=O) groups excluding carboxylic acids is 1. The van der Waals surface area contributed by atoms with E-state index in [4.69, 9.17) is 0 Å². The van der Waals surface area contributed by atoms with Gasteiger partial charge in [-0.05, 0) is 35.0 Å². The van der Waals surface area contributed by atoms with Crippen LogP contribution in [-0.4, -0.2) is 15.9 Å². The van der Waals surface area contributed by atoms with Crippen LogP contribution in [0, 0.1) is 6.92 Å². The van der Waals surface area contributed by atoms with Gasteiger partial charge in [0.25, 0.3) is 5.91 Å². The summed E-state index contributed by atoms with van der Waals surface area (Å²) in [5.41, 5.74) is 0.481. The molecule has 18 heavy (non-hydrogen) atoms. The summed E-state index contributed by atoms with van der Waals surface area (Å²) in [6.07, 6.45) is 2.84. The Labute approximate surface area is 111 Å². The lowest BCUT2D eigenvalue weighted by molar-refractivity contribution is 0.102. The normalized spacial score (nSPS) is 10.1. The summed E-state index contributed by atoms with van der Waals surface area (Å²) in [5.74, 6) is -0.0741. The van der Waals surface area contributed by atoms with E-state index >= 15 is 0 Å². The van der Waals surface area contributed by atoms with E-state index in [0.717, 1.165) is 10.2 Å². The number of nitrogens with one attached hydrogen (secondary N) is 2.